The number of hydrogen-bond donors (Lipinski definition) is 0. The van der Waals surface area contributed by atoms with Crippen LogP contribution in [0.1, 0.15) is 24.7 Å². The number of carbonyl (C=O) groups is 1. The number of carbonyl (C=O) groups excluding carboxylic acids is 1. The molecule has 7 nitrogen and oxygen atoms in total. The third kappa shape index (κ3) is 4.83. The average Bonchev–Trinajstić information content (AvgIpc) is 3.05. The molecule has 0 aliphatic carbocycles. The van der Waals surface area contributed by atoms with Crippen LogP contribution in [0.5, 0.6) is 0 Å². The highest BCUT2D eigenvalue weighted by molar-refractivity contribution is 7.89. The quantitative estimate of drug-likeness (QED) is 0.490. The van der Waals surface area contributed by atoms with Crippen LogP contribution in [0, 0.1) is 0 Å². The Kier molecular flexibility index (Phi) is 6.80. The van der Waals surface area contributed by atoms with Gasteiger partial charge in [-0.05, 0) is 42.3 Å². The Morgan fingerprint density at radius 1 is 1.17 bits per heavy atom. The second-order valence-electron chi connectivity index (χ2n) is 7.08. The van der Waals surface area contributed by atoms with Gasteiger partial charge < -0.3 is 9.30 Å². The first-order chi connectivity index (χ1) is 14.2. The van der Waals surface area contributed by atoms with Gasteiger partial charge in [0.25, 0.3) is 0 Å². The van der Waals surface area contributed by atoms with Gasteiger partial charge in [-0.25, -0.2) is 17.7 Å². The third-order valence-electron chi connectivity index (χ3n) is 4.65. The number of nitrogens with zero attached hydrogens (tertiary/aromatic N) is 3. The molecule has 0 N–H and O–H groups in total. The molecule has 0 saturated carbocycles. The lowest BCUT2D eigenvalue weighted by Crippen LogP contribution is -2.22. The molecular weight excluding hydrogens is 426 g/mol. The Balaban J connectivity index is 1.82. The molecule has 3 aromatic rings. The van der Waals surface area contributed by atoms with Crippen LogP contribution in [0.15, 0.2) is 47.4 Å². The van der Waals surface area contributed by atoms with Gasteiger partial charge in [-0.2, -0.15) is 0 Å². The van der Waals surface area contributed by atoms with Crippen molar-refractivity contribution in [2.75, 3.05) is 14.1 Å². The average molecular weight is 450 g/mol. The lowest BCUT2D eigenvalue weighted by atomic mass is 10.1. The summed E-state index contributed by atoms with van der Waals surface area (Å²) >= 11 is 5.86. The molecule has 30 heavy (non-hydrogen) atoms. The van der Waals surface area contributed by atoms with E-state index in [1.54, 1.807) is 42.5 Å². The predicted molar refractivity (Wildman–Crippen MR) is 116 cm³/mol. The van der Waals surface area contributed by atoms with Crippen molar-refractivity contribution in [3.8, 4) is 0 Å². The molecule has 9 heteroatoms. The van der Waals surface area contributed by atoms with Crippen LogP contribution < -0.4 is 0 Å². The van der Waals surface area contributed by atoms with E-state index in [1.165, 1.54) is 14.1 Å². The minimum absolute atomic E-state index is 0.0108. The van der Waals surface area contributed by atoms with Gasteiger partial charge in [0.15, 0.2) is 0 Å². The summed E-state index contributed by atoms with van der Waals surface area (Å²) in [5.41, 5.74) is 2.17. The maximum absolute atomic E-state index is 12.4. The Hall–Kier alpha value is -2.42. The van der Waals surface area contributed by atoms with Crippen LogP contribution in [0.2, 0.25) is 5.02 Å². The largest absolute Gasteiger partial charge is 0.457 e. The second kappa shape index (κ2) is 9.16. The van der Waals surface area contributed by atoms with Crippen molar-refractivity contribution in [3.63, 3.8) is 0 Å². The molecule has 0 atom stereocenters. The molecule has 0 spiro atoms. The maximum Gasteiger partial charge on any atom is 0.310 e. The normalized spacial score (nSPS) is 11.9. The van der Waals surface area contributed by atoms with Gasteiger partial charge >= 0.3 is 5.97 Å². The summed E-state index contributed by atoms with van der Waals surface area (Å²) in [5, 5.41) is 0.607. The SMILES string of the molecule is CCCn1c(COC(=O)Cc2ccc(Cl)cc2)nc2cc(S(=O)(=O)N(C)C)ccc21. The van der Waals surface area contributed by atoms with E-state index in [1.807, 2.05) is 11.5 Å². The fourth-order valence-corrected chi connectivity index (χ4v) is 4.13. The fourth-order valence-electron chi connectivity index (χ4n) is 3.08. The summed E-state index contributed by atoms with van der Waals surface area (Å²) in [4.78, 5) is 17.0. The van der Waals surface area contributed by atoms with Crippen LogP contribution in [-0.4, -0.2) is 42.3 Å². The molecule has 1 aromatic heterocycles. The Morgan fingerprint density at radius 3 is 2.50 bits per heavy atom. The summed E-state index contributed by atoms with van der Waals surface area (Å²) in [6.45, 7) is 2.73. The summed E-state index contributed by atoms with van der Waals surface area (Å²) in [6.07, 6.45) is 0.991. The van der Waals surface area contributed by atoms with Crippen LogP contribution >= 0.6 is 11.6 Å². The highest BCUT2D eigenvalue weighted by Crippen LogP contribution is 2.23. The molecule has 0 unspecified atom stereocenters. The van der Waals surface area contributed by atoms with Gasteiger partial charge in [-0.3, -0.25) is 4.79 Å². The standard InChI is InChI=1S/C21H24ClN3O4S/c1-4-11-25-19-10-9-17(30(27,28)24(2)3)13-18(19)23-20(25)14-29-21(26)12-15-5-7-16(22)8-6-15/h5-10,13H,4,11-12,14H2,1-3H3. The zero-order chi connectivity index (χ0) is 21.9. The number of benzene rings is 2. The first kappa shape index (κ1) is 22.3. The van der Waals surface area contributed by atoms with Crippen molar-refractivity contribution in [1.29, 1.82) is 0 Å². The molecule has 0 bridgehead atoms. The number of esters is 1. The van der Waals surface area contributed by atoms with Crippen molar-refractivity contribution in [2.45, 2.75) is 37.8 Å². The number of aryl methyl sites for hydroxylation is 1. The number of ether oxygens (including phenoxy) is 1. The molecule has 0 radical (unpaired) electrons. The fraction of sp³-hybridized carbons (Fsp3) is 0.333. The number of sulfonamides is 1. The van der Waals surface area contributed by atoms with E-state index in [0.717, 1.165) is 21.8 Å². The van der Waals surface area contributed by atoms with E-state index in [4.69, 9.17) is 16.3 Å². The monoisotopic (exact) mass is 449 g/mol. The van der Waals surface area contributed by atoms with Crippen LogP contribution in [0.25, 0.3) is 11.0 Å². The van der Waals surface area contributed by atoms with Gasteiger partial charge in [0.05, 0.1) is 22.3 Å². The van der Waals surface area contributed by atoms with Crippen LogP contribution in [-0.2, 0) is 39.1 Å². The zero-order valence-electron chi connectivity index (χ0n) is 17.1. The predicted octanol–water partition coefficient (Wildman–Crippen LogP) is 3.64. The van der Waals surface area contributed by atoms with Crippen molar-refractivity contribution in [2.24, 2.45) is 0 Å². The first-order valence-corrected chi connectivity index (χ1v) is 11.4. The van der Waals surface area contributed by atoms with Crippen molar-refractivity contribution in [3.05, 3.63) is 58.9 Å². The number of hydrogen-bond acceptors (Lipinski definition) is 5. The lowest BCUT2D eigenvalue weighted by molar-refractivity contribution is -0.144. The highest BCUT2D eigenvalue weighted by atomic mass is 35.5. The van der Waals surface area contributed by atoms with Gasteiger partial charge in [-0.15, -0.1) is 0 Å². The smallest absolute Gasteiger partial charge is 0.310 e. The molecule has 0 amide bonds. The number of fused-ring (bicyclic) bond motifs is 1. The van der Waals surface area contributed by atoms with Gasteiger partial charge in [0, 0.05) is 25.7 Å². The first-order valence-electron chi connectivity index (χ1n) is 9.54. The van der Waals surface area contributed by atoms with E-state index >= 15 is 0 Å². The lowest BCUT2D eigenvalue weighted by Gasteiger charge is -2.11. The summed E-state index contributed by atoms with van der Waals surface area (Å²) in [7, 11) is -0.585. The zero-order valence-corrected chi connectivity index (χ0v) is 18.7. The van der Waals surface area contributed by atoms with Gasteiger partial charge in [0.2, 0.25) is 10.0 Å². The summed E-state index contributed by atoms with van der Waals surface area (Å²) < 4.78 is 33.4. The Morgan fingerprint density at radius 2 is 1.87 bits per heavy atom. The number of aromatic nitrogens is 2. The molecule has 0 aliphatic heterocycles. The summed E-state index contributed by atoms with van der Waals surface area (Å²) in [5.74, 6) is 0.207. The molecule has 160 valence electrons. The van der Waals surface area contributed by atoms with E-state index in [0.29, 0.717) is 22.9 Å². The molecule has 0 aliphatic rings. The van der Waals surface area contributed by atoms with Gasteiger partial charge in [0.1, 0.15) is 12.4 Å². The molecule has 3 rings (SSSR count). The number of imidazole rings is 1. The van der Waals surface area contributed by atoms with Crippen LogP contribution in [0.3, 0.4) is 0 Å². The molecular formula is C21H24ClN3O4S. The summed E-state index contributed by atoms with van der Waals surface area (Å²) in [6, 6.07) is 11.9. The minimum Gasteiger partial charge on any atom is -0.457 e. The number of rotatable bonds is 8. The van der Waals surface area contributed by atoms with E-state index in [2.05, 4.69) is 4.98 Å². The Bertz CT molecular complexity index is 1150. The maximum atomic E-state index is 12.4. The van der Waals surface area contributed by atoms with Crippen LogP contribution in [0.4, 0.5) is 0 Å². The van der Waals surface area contributed by atoms with E-state index < -0.39 is 10.0 Å². The van der Waals surface area contributed by atoms with Crippen molar-refractivity contribution < 1.29 is 17.9 Å². The molecule has 1 heterocycles. The molecule has 2 aromatic carbocycles. The third-order valence-corrected chi connectivity index (χ3v) is 6.71. The van der Waals surface area contributed by atoms with E-state index in [9.17, 15) is 13.2 Å². The Labute approximate surface area is 181 Å². The molecule has 0 fully saturated rings. The van der Waals surface area contributed by atoms with Crippen molar-refractivity contribution >= 4 is 38.6 Å². The highest BCUT2D eigenvalue weighted by Gasteiger charge is 2.20. The van der Waals surface area contributed by atoms with E-state index in [-0.39, 0.29) is 23.9 Å². The van der Waals surface area contributed by atoms with Gasteiger partial charge in [-0.1, -0.05) is 30.7 Å². The second-order valence-corrected chi connectivity index (χ2v) is 9.67. The minimum atomic E-state index is -3.56. The molecule has 0 saturated heterocycles. The topological polar surface area (TPSA) is 81.5 Å². The number of halogens is 1. The van der Waals surface area contributed by atoms with Crippen molar-refractivity contribution in [1.82, 2.24) is 13.9 Å².